The average molecular weight is 245 g/mol. The molecule has 2 heteroatoms. The minimum absolute atomic E-state index is 0.222. The molecule has 2 aliphatic carbocycles. The van der Waals surface area contributed by atoms with Crippen LogP contribution in [0.4, 0.5) is 0 Å². The van der Waals surface area contributed by atoms with E-state index in [0.717, 1.165) is 11.8 Å². The fourth-order valence-electron chi connectivity index (χ4n) is 3.80. The van der Waals surface area contributed by atoms with Gasteiger partial charge in [0.05, 0.1) is 6.61 Å². The van der Waals surface area contributed by atoms with Crippen molar-refractivity contribution < 1.29 is 5.11 Å². The van der Waals surface area contributed by atoms with E-state index in [1.54, 1.807) is 11.1 Å². The Hall–Kier alpha value is -0.860. The number of hydrogen-bond acceptors (Lipinski definition) is 2. The quantitative estimate of drug-likeness (QED) is 0.855. The Balaban J connectivity index is 1.82. The zero-order valence-electron chi connectivity index (χ0n) is 11.1. The molecule has 1 saturated carbocycles. The van der Waals surface area contributed by atoms with Crippen molar-refractivity contribution in [1.29, 1.82) is 0 Å². The Bertz CT molecular complexity index is 384. The monoisotopic (exact) mass is 245 g/mol. The van der Waals surface area contributed by atoms with E-state index < -0.39 is 0 Å². The molecule has 98 valence electrons. The van der Waals surface area contributed by atoms with E-state index in [-0.39, 0.29) is 12.6 Å². The summed E-state index contributed by atoms with van der Waals surface area (Å²) >= 11 is 0. The number of benzene rings is 1. The van der Waals surface area contributed by atoms with Crippen LogP contribution in [-0.4, -0.2) is 23.8 Å². The predicted octanol–water partition coefficient (Wildman–Crippen LogP) is 2.15. The van der Waals surface area contributed by atoms with E-state index >= 15 is 0 Å². The first-order valence-electron chi connectivity index (χ1n) is 7.21. The molecular weight excluding hydrogens is 222 g/mol. The van der Waals surface area contributed by atoms with Gasteiger partial charge in [-0.3, -0.25) is 0 Å². The molecule has 3 rings (SSSR count). The molecule has 1 aromatic carbocycles. The lowest BCUT2D eigenvalue weighted by Gasteiger charge is -2.26. The summed E-state index contributed by atoms with van der Waals surface area (Å²) in [4.78, 5) is 0. The fourth-order valence-corrected chi connectivity index (χ4v) is 3.80. The highest BCUT2D eigenvalue weighted by molar-refractivity contribution is 5.30. The van der Waals surface area contributed by atoms with Gasteiger partial charge in [-0.1, -0.05) is 24.3 Å². The normalized spacial score (nSPS) is 31.8. The Morgan fingerprint density at radius 3 is 2.22 bits per heavy atom. The number of hydrogen-bond donors (Lipinski definition) is 2. The van der Waals surface area contributed by atoms with Gasteiger partial charge in [-0.25, -0.2) is 0 Å². The van der Waals surface area contributed by atoms with Gasteiger partial charge in [0.2, 0.25) is 0 Å². The maximum Gasteiger partial charge on any atom is 0.0582 e. The Morgan fingerprint density at radius 1 is 1.17 bits per heavy atom. The number of rotatable bonds is 3. The highest BCUT2D eigenvalue weighted by Gasteiger charge is 2.39. The van der Waals surface area contributed by atoms with E-state index in [1.807, 2.05) is 0 Å². The summed E-state index contributed by atoms with van der Waals surface area (Å²) in [7, 11) is 0. The van der Waals surface area contributed by atoms with Crippen LogP contribution in [-0.2, 0) is 12.8 Å². The van der Waals surface area contributed by atoms with Crippen molar-refractivity contribution in [3.8, 4) is 0 Å². The zero-order valence-corrected chi connectivity index (χ0v) is 11.1. The van der Waals surface area contributed by atoms with Crippen LogP contribution in [0.3, 0.4) is 0 Å². The van der Waals surface area contributed by atoms with Crippen LogP contribution in [0.5, 0.6) is 0 Å². The molecule has 0 radical (unpaired) electrons. The van der Waals surface area contributed by atoms with E-state index in [9.17, 15) is 5.11 Å². The SMILES string of the molecule is C[C@H](CO)NC1C2CCC1Cc1ccccc1C2. The van der Waals surface area contributed by atoms with Gasteiger partial charge in [0.25, 0.3) is 0 Å². The minimum atomic E-state index is 0.222. The van der Waals surface area contributed by atoms with Crippen molar-refractivity contribution in [1.82, 2.24) is 5.32 Å². The van der Waals surface area contributed by atoms with Gasteiger partial charge in [0, 0.05) is 12.1 Å². The Labute approximate surface area is 109 Å². The van der Waals surface area contributed by atoms with Crippen LogP contribution in [0.15, 0.2) is 24.3 Å². The second-order valence-electron chi connectivity index (χ2n) is 6.05. The first-order chi connectivity index (χ1) is 8.78. The molecule has 2 bridgehead atoms. The van der Waals surface area contributed by atoms with Crippen LogP contribution in [0, 0.1) is 11.8 Å². The molecule has 0 saturated heterocycles. The summed E-state index contributed by atoms with van der Waals surface area (Å²) < 4.78 is 0. The van der Waals surface area contributed by atoms with Crippen molar-refractivity contribution >= 4 is 0 Å². The number of fused-ring (bicyclic) bond motifs is 3. The standard InChI is InChI=1S/C16H23NO/c1-11(10-18)17-16-14-6-7-15(16)9-13-5-3-2-4-12(13)8-14/h2-5,11,14-18H,6-10H2,1H3/t11-,14?,15?,16?/m1/s1. The van der Waals surface area contributed by atoms with Crippen molar-refractivity contribution in [2.24, 2.45) is 11.8 Å². The summed E-state index contributed by atoms with van der Waals surface area (Å²) in [6.45, 7) is 2.32. The second kappa shape index (κ2) is 5.02. The third-order valence-corrected chi connectivity index (χ3v) is 4.76. The first kappa shape index (κ1) is 12.2. The molecule has 0 aliphatic heterocycles. The average Bonchev–Trinajstić information content (AvgIpc) is 2.65. The Morgan fingerprint density at radius 2 is 1.72 bits per heavy atom. The van der Waals surface area contributed by atoms with E-state index in [1.165, 1.54) is 25.7 Å². The molecule has 1 aromatic rings. The minimum Gasteiger partial charge on any atom is -0.395 e. The lowest BCUT2D eigenvalue weighted by atomic mass is 9.94. The van der Waals surface area contributed by atoms with Gasteiger partial charge in [0.1, 0.15) is 0 Å². The number of aliphatic hydroxyl groups is 1. The van der Waals surface area contributed by atoms with Gasteiger partial charge in [-0.2, -0.15) is 0 Å². The van der Waals surface area contributed by atoms with Crippen LogP contribution in [0.2, 0.25) is 0 Å². The fraction of sp³-hybridized carbons (Fsp3) is 0.625. The molecular formula is C16H23NO. The topological polar surface area (TPSA) is 32.3 Å². The van der Waals surface area contributed by atoms with Crippen molar-refractivity contribution in [2.45, 2.75) is 44.7 Å². The Kier molecular flexibility index (Phi) is 3.40. The summed E-state index contributed by atoms with van der Waals surface area (Å²) in [5.41, 5.74) is 3.10. The van der Waals surface area contributed by atoms with Gasteiger partial charge in [-0.15, -0.1) is 0 Å². The zero-order chi connectivity index (χ0) is 12.5. The summed E-state index contributed by atoms with van der Waals surface area (Å²) in [6.07, 6.45) is 5.11. The third-order valence-electron chi connectivity index (χ3n) is 4.76. The molecule has 0 heterocycles. The third kappa shape index (κ3) is 2.19. The molecule has 1 fully saturated rings. The van der Waals surface area contributed by atoms with E-state index in [2.05, 4.69) is 36.5 Å². The molecule has 2 aliphatic rings. The van der Waals surface area contributed by atoms with Crippen LogP contribution in [0.1, 0.15) is 30.9 Å². The largest absolute Gasteiger partial charge is 0.395 e. The number of aliphatic hydroxyl groups excluding tert-OH is 1. The van der Waals surface area contributed by atoms with E-state index in [4.69, 9.17) is 0 Å². The van der Waals surface area contributed by atoms with Crippen molar-refractivity contribution in [2.75, 3.05) is 6.61 Å². The lowest BCUT2D eigenvalue weighted by molar-refractivity contribution is 0.217. The van der Waals surface area contributed by atoms with Crippen LogP contribution >= 0.6 is 0 Å². The summed E-state index contributed by atoms with van der Waals surface area (Å²) in [5.74, 6) is 1.51. The highest BCUT2D eigenvalue weighted by Crippen LogP contribution is 2.40. The first-order valence-corrected chi connectivity index (χ1v) is 7.21. The van der Waals surface area contributed by atoms with Gasteiger partial charge >= 0.3 is 0 Å². The molecule has 2 N–H and O–H groups in total. The van der Waals surface area contributed by atoms with Gasteiger partial charge in [-0.05, 0) is 55.6 Å². The molecule has 3 atom stereocenters. The van der Waals surface area contributed by atoms with Crippen LogP contribution < -0.4 is 5.32 Å². The molecule has 0 aromatic heterocycles. The molecule has 0 spiro atoms. The maximum absolute atomic E-state index is 9.24. The van der Waals surface area contributed by atoms with Gasteiger partial charge < -0.3 is 10.4 Å². The second-order valence-corrected chi connectivity index (χ2v) is 6.05. The number of nitrogens with one attached hydrogen (secondary N) is 1. The molecule has 2 unspecified atom stereocenters. The van der Waals surface area contributed by atoms with Crippen LogP contribution in [0.25, 0.3) is 0 Å². The van der Waals surface area contributed by atoms with Gasteiger partial charge in [0.15, 0.2) is 0 Å². The smallest absolute Gasteiger partial charge is 0.0582 e. The van der Waals surface area contributed by atoms with E-state index in [0.29, 0.717) is 6.04 Å². The highest BCUT2D eigenvalue weighted by atomic mass is 16.3. The lowest BCUT2D eigenvalue weighted by Crippen LogP contribution is -2.44. The maximum atomic E-state index is 9.24. The van der Waals surface area contributed by atoms with Crippen molar-refractivity contribution in [3.05, 3.63) is 35.4 Å². The predicted molar refractivity (Wildman–Crippen MR) is 73.5 cm³/mol. The molecule has 0 amide bonds. The molecule has 2 nitrogen and oxygen atoms in total. The molecule has 18 heavy (non-hydrogen) atoms. The summed E-state index contributed by atoms with van der Waals surface area (Å²) in [5, 5.41) is 12.9. The van der Waals surface area contributed by atoms with Crippen molar-refractivity contribution in [3.63, 3.8) is 0 Å². The summed E-state index contributed by atoms with van der Waals surface area (Å²) in [6, 6.07) is 9.73.